The van der Waals surface area contributed by atoms with Gasteiger partial charge in [0.15, 0.2) is 0 Å². The first-order valence-electron chi connectivity index (χ1n) is 7.69. The number of amides is 1. The van der Waals surface area contributed by atoms with E-state index in [1.54, 1.807) is 5.38 Å². The standard InChI is InChI=1S/C16H19FN4OS/c1-10(11-4-6-18-7-11)16-21-14(9-23-16)15(22)20-8-13-12(17)3-2-5-19-13/h2-3,5,9-11,18H,4,6-8H2,1H3,(H,20,22)/t10-,11+/m1/s1. The van der Waals surface area contributed by atoms with Crippen LogP contribution >= 0.6 is 11.3 Å². The second-order valence-corrected chi connectivity index (χ2v) is 6.62. The highest BCUT2D eigenvalue weighted by molar-refractivity contribution is 7.09. The van der Waals surface area contributed by atoms with Crippen molar-refractivity contribution in [1.29, 1.82) is 0 Å². The molecule has 1 amide bonds. The maximum atomic E-state index is 13.5. The van der Waals surface area contributed by atoms with Crippen LogP contribution in [0.4, 0.5) is 4.39 Å². The summed E-state index contributed by atoms with van der Waals surface area (Å²) >= 11 is 1.51. The molecule has 0 unspecified atom stereocenters. The van der Waals surface area contributed by atoms with Gasteiger partial charge in [-0.3, -0.25) is 9.78 Å². The molecule has 0 spiro atoms. The molecule has 1 saturated heterocycles. The summed E-state index contributed by atoms with van der Waals surface area (Å²) in [4.78, 5) is 20.5. The summed E-state index contributed by atoms with van der Waals surface area (Å²) < 4.78 is 13.5. The number of carbonyl (C=O) groups is 1. The molecule has 23 heavy (non-hydrogen) atoms. The van der Waals surface area contributed by atoms with Gasteiger partial charge in [0.1, 0.15) is 11.5 Å². The van der Waals surface area contributed by atoms with Crippen molar-refractivity contribution in [3.63, 3.8) is 0 Å². The van der Waals surface area contributed by atoms with E-state index < -0.39 is 5.82 Å². The summed E-state index contributed by atoms with van der Waals surface area (Å²) in [5.74, 6) is 0.188. The molecule has 0 bridgehead atoms. The number of nitrogens with zero attached hydrogens (tertiary/aromatic N) is 2. The summed E-state index contributed by atoms with van der Waals surface area (Å²) in [6.07, 6.45) is 2.64. The normalized spacial score (nSPS) is 18.8. The number of aromatic nitrogens is 2. The van der Waals surface area contributed by atoms with Crippen LogP contribution in [0.25, 0.3) is 0 Å². The number of thiazole rings is 1. The van der Waals surface area contributed by atoms with Gasteiger partial charge in [0, 0.05) is 17.5 Å². The van der Waals surface area contributed by atoms with Gasteiger partial charge in [0.05, 0.1) is 17.2 Å². The zero-order valence-corrected chi connectivity index (χ0v) is 13.7. The van der Waals surface area contributed by atoms with Gasteiger partial charge in [-0.1, -0.05) is 6.92 Å². The molecule has 1 aliphatic rings. The van der Waals surface area contributed by atoms with Gasteiger partial charge < -0.3 is 10.6 Å². The van der Waals surface area contributed by atoms with Crippen molar-refractivity contribution in [2.75, 3.05) is 13.1 Å². The second kappa shape index (κ2) is 7.14. The van der Waals surface area contributed by atoms with Crippen molar-refractivity contribution in [3.05, 3.63) is 45.9 Å². The van der Waals surface area contributed by atoms with Crippen LogP contribution < -0.4 is 10.6 Å². The highest BCUT2D eigenvalue weighted by Gasteiger charge is 2.25. The Labute approximate surface area is 138 Å². The van der Waals surface area contributed by atoms with Crippen LogP contribution in [0.2, 0.25) is 0 Å². The van der Waals surface area contributed by atoms with Crippen molar-refractivity contribution in [2.24, 2.45) is 5.92 Å². The predicted molar refractivity (Wildman–Crippen MR) is 86.9 cm³/mol. The molecule has 7 heteroatoms. The first kappa shape index (κ1) is 16.0. The van der Waals surface area contributed by atoms with Crippen LogP contribution in [-0.2, 0) is 6.54 Å². The van der Waals surface area contributed by atoms with Gasteiger partial charge in [-0.25, -0.2) is 9.37 Å². The van der Waals surface area contributed by atoms with Gasteiger partial charge >= 0.3 is 0 Å². The van der Waals surface area contributed by atoms with E-state index in [2.05, 4.69) is 27.5 Å². The molecule has 0 aromatic carbocycles. The molecule has 1 aliphatic heterocycles. The Morgan fingerprint density at radius 2 is 2.48 bits per heavy atom. The molecule has 3 heterocycles. The van der Waals surface area contributed by atoms with Crippen LogP contribution in [0, 0.1) is 11.7 Å². The second-order valence-electron chi connectivity index (χ2n) is 5.73. The highest BCUT2D eigenvalue weighted by Crippen LogP contribution is 2.30. The minimum Gasteiger partial charge on any atom is -0.345 e. The van der Waals surface area contributed by atoms with E-state index in [1.807, 2.05) is 0 Å². The first-order chi connectivity index (χ1) is 11.1. The number of rotatable bonds is 5. The van der Waals surface area contributed by atoms with E-state index in [9.17, 15) is 9.18 Å². The van der Waals surface area contributed by atoms with Crippen LogP contribution in [0.1, 0.15) is 40.5 Å². The maximum absolute atomic E-state index is 13.5. The van der Waals surface area contributed by atoms with Crippen molar-refractivity contribution in [3.8, 4) is 0 Å². The Morgan fingerprint density at radius 3 is 3.22 bits per heavy atom. The number of pyridine rings is 1. The molecular weight excluding hydrogens is 315 g/mol. The fourth-order valence-corrected chi connectivity index (χ4v) is 3.66. The molecule has 2 aromatic heterocycles. The third-order valence-electron chi connectivity index (χ3n) is 4.20. The Bertz CT molecular complexity index is 684. The minimum absolute atomic E-state index is 0.0560. The smallest absolute Gasteiger partial charge is 0.271 e. The molecule has 2 N–H and O–H groups in total. The molecule has 0 saturated carbocycles. The zero-order valence-electron chi connectivity index (χ0n) is 12.9. The average Bonchev–Trinajstić information content (AvgIpc) is 3.24. The lowest BCUT2D eigenvalue weighted by molar-refractivity contribution is 0.0945. The van der Waals surface area contributed by atoms with E-state index in [1.165, 1.54) is 29.7 Å². The van der Waals surface area contributed by atoms with Crippen LogP contribution in [0.5, 0.6) is 0 Å². The quantitative estimate of drug-likeness (QED) is 0.881. The number of nitrogens with one attached hydrogen (secondary N) is 2. The third-order valence-corrected chi connectivity index (χ3v) is 5.25. The summed E-state index contributed by atoms with van der Waals surface area (Å²) in [6, 6.07) is 2.85. The largest absolute Gasteiger partial charge is 0.345 e. The van der Waals surface area contributed by atoms with Crippen LogP contribution in [0.15, 0.2) is 23.7 Å². The lowest BCUT2D eigenvalue weighted by Gasteiger charge is -2.14. The van der Waals surface area contributed by atoms with Crippen molar-refractivity contribution >= 4 is 17.2 Å². The number of hydrogen-bond acceptors (Lipinski definition) is 5. The molecular formula is C16H19FN4OS. The Balaban J connectivity index is 1.61. The van der Waals surface area contributed by atoms with E-state index >= 15 is 0 Å². The maximum Gasteiger partial charge on any atom is 0.271 e. The van der Waals surface area contributed by atoms with E-state index in [-0.39, 0.29) is 18.1 Å². The van der Waals surface area contributed by atoms with E-state index in [0.29, 0.717) is 17.5 Å². The SMILES string of the molecule is C[C@@H](c1nc(C(=O)NCc2ncccc2F)cs1)[C@H]1CCNC1. The van der Waals surface area contributed by atoms with Gasteiger partial charge in [-0.15, -0.1) is 11.3 Å². The molecule has 1 fully saturated rings. The van der Waals surface area contributed by atoms with Crippen LogP contribution in [-0.4, -0.2) is 29.0 Å². The summed E-state index contributed by atoms with van der Waals surface area (Å²) in [7, 11) is 0. The first-order valence-corrected chi connectivity index (χ1v) is 8.57. The van der Waals surface area contributed by atoms with Crippen molar-refractivity contribution < 1.29 is 9.18 Å². The molecule has 3 rings (SSSR count). The lowest BCUT2D eigenvalue weighted by atomic mass is 9.94. The number of carbonyl (C=O) groups excluding carboxylic acids is 1. The highest BCUT2D eigenvalue weighted by atomic mass is 32.1. The third kappa shape index (κ3) is 3.73. The predicted octanol–water partition coefficient (Wildman–Crippen LogP) is 2.32. The summed E-state index contributed by atoms with van der Waals surface area (Å²) in [5, 5.41) is 8.76. The summed E-state index contributed by atoms with van der Waals surface area (Å²) in [5.41, 5.74) is 0.612. The average molecular weight is 334 g/mol. The van der Waals surface area contributed by atoms with Gasteiger partial charge in [0.25, 0.3) is 5.91 Å². The molecule has 5 nitrogen and oxygen atoms in total. The minimum atomic E-state index is -0.422. The molecule has 2 aromatic rings. The zero-order chi connectivity index (χ0) is 16.2. The fraction of sp³-hybridized carbons (Fsp3) is 0.438. The van der Waals surface area contributed by atoms with E-state index in [0.717, 1.165) is 24.5 Å². The van der Waals surface area contributed by atoms with Gasteiger partial charge in [-0.2, -0.15) is 0 Å². The van der Waals surface area contributed by atoms with Gasteiger partial charge in [0.2, 0.25) is 0 Å². The number of halogens is 1. The van der Waals surface area contributed by atoms with E-state index in [4.69, 9.17) is 0 Å². The number of hydrogen-bond donors (Lipinski definition) is 2. The molecule has 122 valence electrons. The molecule has 0 radical (unpaired) electrons. The Morgan fingerprint density at radius 1 is 1.61 bits per heavy atom. The van der Waals surface area contributed by atoms with Crippen LogP contribution in [0.3, 0.4) is 0 Å². The van der Waals surface area contributed by atoms with Crippen molar-refractivity contribution in [1.82, 2.24) is 20.6 Å². The monoisotopic (exact) mass is 334 g/mol. The van der Waals surface area contributed by atoms with Crippen molar-refractivity contribution in [2.45, 2.75) is 25.8 Å². The Kier molecular flexibility index (Phi) is 4.97. The summed E-state index contributed by atoms with van der Waals surface area (Å²) in [6.45, 7) is 4.26. The van der Waals surface area contributed by atoms with Gasteiger partial charge in [-0.05, 0) is 37.6 Å². The molecule has 0 aliphatic carbocycles. The fourth-order valence-electron chi connectivity index (χ4n) is 2.71. The topological polar surface area (TPSA) is 66.9 Å². The Hall–Kier alpha value is -1.86. The lowest BCUT2D eigenvalue weighted by Crippen LogP contribution is -2.24. The molecule has 2 atom stereocenters.